The molecule has 134 valence electrons. The Balaban J connectivity index is 1.63. The molecule has 0 saturated carbocycles. The van der Waals surface area contributed by atoms with Crippen molar-refractivity contribution in [2.24, 2.45) is 0 Å². The van der Waals surface area contributed by atoms with Crippen molar-refractivity contribution in [3.63, 3.8) is 0 Å². The average Bonchev–Trinajstić information content (AvgIpc) is 3.03. The third-order valence-corrected chi connectivity index (χ3v) is 4.63. The first kappa shape index (κ1) is 18.0. The third kappa shape index (κ3) is 4.06. The van der Waals surface area contributed by atoms with Gasteiger partial charge in [-0.15, -0.1) is 0 Å². The van der Waals surface area contributed by atoms with Crippen LogP contribution in [0.15, 0.2) is 41.6 Å². The molecule has 3 aromatic rings. The first-order chi connectivity index (χ1) is 12.5. The lowest BCUT2D eigenvalue weighted by Crippen LogP contribution is -2.14. The minimum Gasteiger partial charge on any atom is -0.497 e. The van der Waals surface area contributed by atoms with Crippen LogP contribution in [0.3, 0.4) is 0 Å². The zero-order valence-electron chi connectivity index (χ0n) is 13.5. The number of fused-ring (bicyclic) bond motifs is 1. The topological polar surface area (TPSA) is 110 Å². The number of hydrogen-bond acceptors (Lipinski definition) is 6. The molecule has 1 heterocycles. The molecular formula is C16H13ClN4O4S. The summed E-state index contributed by atoms with van der Waals surface area (Å²) < 4.78 is 5.16. The van der Waals surface area contributed by atoms with E-state index in [0.29, 0.717) is 16.6 Å². The molecule has 8 nitrogen and oxygen atoms in total. The predicted molar refractivity (Wildman–Crippen MR) is 100 cm³/mol. The van der Waals surface area contributed by atoms with Gasteiger partial charge in [0, 0.05) is 18.2 Å². The van der Waals surface area contributed by atoms with Gasteiger partial charge in [0.2, 0.25) is 5.91 Å². The number of H-pyrrole nitrogens is 1. The number of amides is 1. The molecule has 0 bridgehead atoms. The van der Waals surface area contributed by atoms with Gasteiger partial charge in [0.05, 0.1) is 39.5 Å². The van der Waals surface area contributed by atoms with Crippen molar-refractivity contribution >= 4 is 51.7 Å². The number of nitro benzene ring substituents is 1. The maximum Gasteiger partial charge on any atom is 0.271 e. The van der Waals surface area contributed by atoms with Gasteiger partial charge in [0.1, 0.15) is 5.75 Å². The van der Waals surface area contributed by atoms with Crippen LogP contribution in [0.25, 0.3) is 11.0 Å². The number of ether oxygens (including phenoxy) is 1. The summed E-state index contributed by atoms with van der Waals surface area (Å²) >= 11 is 7.19. The molecule has 1 aromatic heterocycles. The summed E-state index contributed by atoms with van der Waals surface area (Å²) in [6.45, 7) is 0. The van der Waals surface area contributed by atoms with Gasteiger partial charge < -0.3 is 15.0 Å². The number of methoxy groups -OCH3 is 1. The van der Waals surface area contributed by atoms with Crippen LogP contribution in [0.4, 0.5) is 11.4 Å². The van der Waals surface area contributed by atoms with Crippen LogP contribution in [0.1, 0.15) is 0 Å². The minimum absolute atomic E-state index is 0.101. The molecule has 0 atom stereocenters. The van der Waals surface area contributed by atoms with E-state index in [4.69, 9.17) is 16.3 Å². The van der Waals surface area contributed by atoms with Gasteiger partial charge in [-0.2, -0.15) is 0 Å². The van der Waals surface area contributed by atoms with Crippen LogP contribution in [0.2, 0.25) is 5.02 Å². The van der Waals surface area contributed by atoms with E-state index >= 15 is 0 Å². The van der Waals surface area contributed by atoms with E-state index < -0.39 is 4.92 Å². The van der Waals surface area contributed by atoms with Gasteiger partial charge in [0.25, 0.3) is 5.69 Å². The molecule has 0 unspecified atom stereocenters. The highest BCUT2D eigenvalue weighted by Gasteiger charge is 2.13. The van der Waals surface area contributed by atoms with E-state index in [1.165, 1.54) is 30.0 Å². The Morgan fingerprint density at radius 2 is 2.19 bits per heavy atom. The summed E-state index contributed by atoms with van der Waals surface area (Å²) in [6.07, 6.45) is 0. The molecule has 0 radical (unpaired) electrons. The fraction of sp³-hybridized carbons (Fsp3) is 0.125. The summed E-state index contributed by atoms with van der Waals surface area (Å²) in [6, 6.07) is 9.32. The van der Waals surface area contributed by atoms with Gasteiger partial charge >= 0.3 is 0 Å². The second kappa shape index (κ2) is 7.63. The van der Waals surface area contributed by atoms with E-state index in [2.05, 4.69) is 15.3 Å². The smallest absolute Gasteiger partial charge is 0.271 e. The van der Waals surface area contributed by atoms with Gasteiger partial charge in [-0.1, -0.05) is 23.4 Å². The molecule has 2 aromatic carbocycles. The first-order valence-corrected chi connectivity index (χ1v) is 8.73. The fourth-order valence-corrected chi connectivity index (χ4v) is 3.11. The SMILES string of the molecule is COc1ccc2nc(SCC(=O)Nc3ccc([N+](=O)[O-])cc3Cl)[nH]c2c1. The van der Waals surface area contributed by atoms with Crippen LogP contribution in [0, 0.1) is 10.1 Å². The largest absolute Gasteiger partial charge is 0.497 e. The van der Waals surface area contributed by atoms with Crippen molar-refractivity contribution in [1.29, 1.82) is 0 Å². The second-order valence-electron chi connectivity index (χ2n) is 5.18. The van der Waals surface area contributed by atoms with Gasteiger partial charge in [-0.25, -0.2) is 4.98 Å². The maximum atomic E-state index is 12.1. The van der Waals surface area contributed by atoms with E-state index in [9.17, 15) is 14.9 Å². The normalized spacial score (nSPS) is 10.7. The number of nitrogens with zero attached hydrogens (tertiary/aromatic N) is 2. The maximum absolute atomic E-state index is 12.1. The number of anilines is 1. The monoisotopic (exact) mass is 392 g/mol. The fourth-order valence-electron chi connectivity index (χ4n) is 2.20. The first-order valence-electron chi connectivity index (χ1n) is 7.36. The molecule has 10 heteroatoms. The average molecular weight is 393 g/mol. The molecule has 0 aliphatic carbocycles. The number of thioether (sulfide) groups is 1. The standard InChI is InChI=1S/C16H13ClN4O4S/c1-25-10-3-5-13-14(7-10)20-16(19-13)26-8-15(22)18-12-4-2-9(21(23)24)6-11(12)17/h2-7H,8H2,1H3,(H,18,22)(H,19,20). The molecule has 26 heavy (non-hydrogen) atoms. The Morgan fingerprint density at radius 3 is 2.88 bits per heavy atom. The molecule has 0 fully saturated rings. The number of rotatable bonds is 6. The molecule has 2 N–H and O–H groups in total. The molecule has 0 aliphatic heterocycles. The number of benzene rings is 2. The second-order valence-corrected chi connectivity index (χ2v) is 6.55. The van der Waals surface area contributed by atoms with E-state index in [1.54, 1.807) is 13.2 Å². The van der Waals surface area contributed by atoms with Gasteiger partial charge in [-0.05, 0) is 18.2 Å². The zero-order valence-corrected chi connectivity index (χ0v) is 15.1. The molecule has 0 aliphatic rings. The lowest BCUT2D eigenvalue weighted by molar-refractivity contribution is -0.384. The summed E-state index contributed by atoms with van der Waals surface area (Å²) in [4.78, 5) is 29.7. The van der Waals surface area contributed by atoms with Gasteiger partial charge in [0.15, 0.2) is 5.16 Å². The Hall–Kier alpha value is -2.78. The highest BCUT2D eigenvalue weighted by Crippen LogP contribution is 2.27. The number of carbonyl (C=O) groups is 1. The van der Waals surface area contributed by atoms with Gasteiger partial charge in [-0.3, -0.25) is 14.9 Å². The predicted octanol–water partition coefficient (Wildman–Crippen LogP) is 3.86. The Kier molecular flexibility index (Phi) is 5.29. The quantitative estimate of drug-likeness (QED) is 0.374. The van der Waals surface area contributed by atoms with E-state index in [0.717, 1.165) is 11.0 Å². The highest BCUT2D eigenvalue weighted by molar-refractivity contribution is 7.99. The lowest BCUT2D eigenvalue weighted by atomic mass is 10.3. The zero-order chi connectivity index (χ0) is 18.7. The highest BCUT2D eigenvalue weighted by atomic mass is 35.5. The van der Waals surface area contributed by atoms with Crippen LogP contribution in [-0.4, -0.2) is 33.7 Å². The van der Waals surface area contributed by atoms with Crippen LogP contribution in [0.5, 0.6) is 5.75 Å². The van der Waals surface area contributed by atoms with Crippen molar-refractivity contribution < 1.29 is 14.5 Å². The Bertz CT molecular complexity index is 992. The van der Waals surface area contributed by atoms with Crippen molar-refractivity contribution in [2.75, 3.05) is 18.2 Å². The molecule has 3 rings (SSSR count). The number of imidazole rings is 1. The lowest BCUT2D eigenvalue weighted by Gasteiger charge is -2.06. The van der Waals surface area contributed by atoms with E-state index in [-0.39, 0.29) is 22.4 Å². The van der Waals surface area contributed by atoms with Crippen molar-refractivity contribution in [3.05, 3.63) is 51.5 Å². The minimum atomic E-state index is -0.552. The number of halogens is 1. The molecule has 1 amide bonds. The Labute approximate surface area is 157 Å². The summed E-state index contributed by atoms with van der Waals surface area (Å²) in [7, 11) is 1.58. The van der Waals surface area contributed by atoms with Crippen LogP contribution in [-0.2, 0) is 4.79 Å². The number of aromatic nitrogens is 2. The number of hydrogen-bond donors (Lipinski definition) is 2. The Morgan fingerprint density at radius 1 is 1.38 bits per heavy atom. The van der Waals surface area contributed by atoms with Crippen LogP contribution < -0.4 is 10.1 Å². The van der Waals surface area contributed by atoms with E-state index in [1.807, 2.05) is 12.1 Å². The third-order valence-electron chi connectivity index (χ3n) is 3.44. The van der Waals surface area contributed by atoms with Crippen molar-refractivity contribution in [3.8, 4) is 5.75 Å². The van der Waals surface area contributed by atoms with Crippen LogP contribution >= 0.6 is 23.4 Å². The summed E-state index contributed by atoms with van der Waals surface area (Å²) in [5.74, 6) is 0.511. The number of non-ortho nitro benzene ring substituents is 1. The molecular weight excluding hydrogens is 380 g/mol. The number of nitro groups is 1. The number of aromatic amines is 1. The summed E-state index contributed by atoms with van der Waals surface area (Å²) in [5, 5.41) is 14.0. The summed E-state index contributed by atoms with van der Waals surface area (Å²) in [5.41, 5.74) is 1.76. The molecule has 0 saturated heterocycles. The van der Waals surface area contributed by atoms with Crippen molar-refractivity contribution in [2.45, 2.75) is 5.16 Å². The number of nitrogens with one attached hydrogen (secondary N) is 2. The number of carbonyl (C=O) groups excluding carboxylic acids is 1. The van der Waals surface area contributed by atoms with Crippen molar-refractivity contribution in [1.82, 2.24) is 9.97 Å². The molecule has 0 spiro atoms.